The lowest BCUT2D eigenvalue weighted by atomic mass is 9.97. The highest BCUT2D eigenvalue weighted by atomic mass is 32.2. The minimum absolute atomic E-state index is 0.00813. The van der Waals surface area contributed by atoms with Gasteiger partial charge in [-0.15, -0.1) is 0 Å². The van der Waals surface area contributed by atoms with Crippen molar-refractivity contribution >= 4 is 21.6 Å². The van der Waals surface area contributed by atoms with Crippen LogP contribution in [0.1, 0.15) is 54.9 Å². The van der Waals surface area contributed by atoms with Crippen LogP contribution in [0.2, 0.25) is 0 Å². The molecule has 1 N–H and O–H groups in total. The maximum Gasteiger partial charge on any atom is 0.259 e. The Morgan fingerprint density at radius 2 is 1.87 bits per heavy atom. The molecule has 0 saturated carbocycles. The zero-order valence-corrected chi connectivity index (χ0v) is 18.9. The number of benzene rings is 2. The molecule has 1 fully saturated rings. The molecule has 2 aromatic rings. The van der Waals surface area contributed by atoms with Gasteiger partial charge in [0.2, 0.25) is 10.0 Å². The van der Waals surface area contributed by atoms with Crippen molar-refractivity contribution in [1.29, 1.82) is 0 Å². The van der Waals surface area contributed by atoms with Crippen molar-refractivity contribution in [3.63, 3.8) is 0 Å². The molecule has 2 aliphatic rings. The Bertz CT molecular complexity index is 1090. The number of methoxy groups -OCH3 is 1. The number of hydrogen-bond donors (Lipinski definition) is 1. The lowest BCUT2D eigenvalue weighted by Gasteiger charge is -2.26. The SMILES string of the molecule is COc1ccc(NC(=O)c2cccc3c2O[C@H](C)[C@H]3C)cc1S(=O)(=O)N1CCCCC1. The molecule has 7 nitrogen and oxygen atoms in total. The quantitative estimate of drug-likeness (QED) is 0.753. The van der Waals surface area contributed by atoms with Gasteiger partial charge >= 0.3 is 0 Å². The second-order valence-corrected chi connectivity index (χ2v) is 10.0. The Morgan fingerprint density at radius 3 is 2.58 bits per heavy atom. The highest BCUT2D eigenvalue weighted by molar-refractivity contribution is 7.89. The van der Waals surface area contributed by atoms with Crippen LogP contribution in [0.25, 0.3) is 0 Å². The number of anilines is 1. The first-order chi connectivity index (χ1) is 14.8. The zero-order valence-electron chi connectivity index (χ0n) is 18.1. The van der Waals surface area contributed by atoms with Gasteiger partial charge in [0, 0.05) is 30.3 Å². The molecule has 0 spiro atoms. The van der Waals surface area contributed by atoms with Crippen LogP contribution in [-0.2, 0) is 10.0 Å². The lowest BCUT2D eigenvalue weighted by Crippen LogP contribution is -2.35. The number of fused-ring (bicyclic) bond motifs is 1. The molecule has 0 unspecified atom stereocenters. The fourth-order valence-electron chi connectivity index (χ4n) is 4.16. The van der Waals surface area contributed by atoms with Crippen LogP contribution in [0.3, 0.4) is 0 Å². The second-order valence-electron chi connectivity index (χ2n) is 8.12. The summed E-state index contributed by atoms with van der Waals surface area (Å²) in [4.78, 5) is 13.1. The Labute approximate surface area is 183 Å². The van der Waals surface area contributed by atoms with E-state index in [0.717, 1.165) is 24.8 Å². The van der Waals surface area contributed by atoms with Gasteiger partial charge in [0.05, 0.1) is 12.7 Å². The number of carbonyl (C=O) groups excluding carboxylic acids is 1. The van der Waals surface area contributed by atoms with Crippen LogP contribution in [0.4, 0.5) is 5.69 Å². The summed E-state index contributed by atoms with van der Waals surface area (Å²) in [7, 11) is -2.28. The van der Waals surface area contributed by atoms with Crippen LogP contribution in [0.5, 0.6) is 11.5 Å². The molecule has 2 atom stereocenters. The van der Waals surface area contributed by atoms with Crippen LogP contribution < -0.4 is 14.8 Å². The van der Waals surface area contributed by atoms with E-state index in [1.165, 1.54) is 17.5 Å². The van der Waals surface area contributed by atoms with Crippen molar-refractivity contribution in [3.8, 4) is 11.5 Å². The van der Waals surface area contributed by atoms with E-state index in [2.05, 4.69) is 12.2 Å². The Morgan fingerprint density at radius 1 is 1.13 bits per heavy atom. The van der Waals surface area contributed by atoms with Gasteiger partial charge in [0.25, 0.3) is 5.91 Å². The fourth-order valence-corrected chi connectivity index (χ4v) is 5.86. The van der Waals surface area contributed by atoms with Gasteiger partial charge in [-0.25, -0.2) is 8.42 Å². The third-order valence-corrected chi connectivity index (χ3v) is 8.06. The zero-order chi connectivity index (χ0) is 22.2. The molecular weight excluding hydrogens is 416 g/mol. The molecule has 4 rings (SSSR count). The number of carbonyl (C=O) groups is 1. The fraction of sp³-hybridized carbons (Fsp3) is 0.435. The van der Waals surface area contributed by atoms with E-state index in [1.807, 2.05) is 19.1 Å². The van der Waals surface area contributed by atoms with Crippen molar-refractivity contribution in [2.75, 3.05) is 25.5 Å². The number of nitrogens with one attached hydrogen (secondary N) is 1. The predicted molar refractivity (Wildman–Crippen MR) is 119 cm³/mol. The van der Waals surface area contributed by atoms with Gasteiger partial charge in [0.1, 0.15) is 22.5 Å². The lowest BCUT2D eigenvalue weighted by molar-refractivity contribution is 0.102. The number of ether oxygens (including phenoxy) is 2. The van der Waals surface area contributed by atoms with Crippen molar-refractivity contribution in [2.45, 2.75) is 50.0 Å². The first kappa shape index (κ1) is 21.6. The summed E-state index contributed by atoms with van der Waals surface area (Å²) in [5, 5.41) is 2.83. The van der Waals surface area contributed by atoms with E-state index in [1.54, 1.807) is 18.2 Å². The summed E-state index contributed by atoms with van der Waals surface area (Å²) in [6.45, 7) is 5.03. The summed E-state index contributed by atoms with van der Waals surface area (Å²) in [5.74, 6) is 0.708. The van der Waals surface area contributed by atoms with E-state index in [9.17, 15) is 13.2 Å². The number of piperidine rings is 1. The second kappa shape index (κ2) is 8.51. The van der Waals surface area contributed by atoms with Crippen molar-refractivity contribution in [1.82, 2.24) is 4.31 Å². The van der Waals surface area contributed by atoms with E-state index in [-0.39, 0.29) is 28.6 Å². The smallest absolute Gasteiger partial charge is 0.259 e. The average Bonchev–Trinajstić information content (AvgIpc) is 3.08. The summed E-state index contributed by atoms with van der Waals surface area (Å²) in [6, 6.07) is 10.2. The highest BCUT2D eigenvalue weighted by Gasteiger charge is 2.32. The molecule has 166 valence electrons. The highest BCUT2D eigenvalue weighted by Crippen LogP contribution is 2.40. The molecule has 0 radical (unpaired) electrons. The molecule has 8 heteroatoms. The van der Waals surface area contributed by atoms with E-state index < -0.39 is 10.0 Å². The third kappa shape index (κ3) is 4.02. The molecule has 31 heavy (non-hydrogen) atoms. The van der Waals surface area contributed by atoms with E-state index in [0.29, 0.717) is 30.1 Å². The molecule has 1 amide bonds. The Balaban J connectivity index is 1.64. The molecule has 0 aliphatic carbocycles. The average molecular weight is 445 g/mol. The molecule has 2 heterocycles. The minimum Gasteiger partial charge on any atom is -0.495 e. The topological polar surface area (TPSA) is 84.9 Å². The van der Waals surface area contributed by atoms with Crippen LogP contribution in [0, 0.1) is 0 Å². The third-order valence-electron chi connectivity index (χ3n) is 6.14. The van der Waals surface area contributed by atoms with Crippen LogP contribution in [0.15, 0.2) is 41.3 Å². The minimum atomic E-state index is -3.72. The van der Waals surface area contributed by atoms with Gasteiger partial charge in [-0.1, -0.05) is 25.5 Å². The van der Waals surface area contributed by atoms with Gasteiger partial charge in [-0.3, -0.25) is 4.79 Å². The van der Waals surface area contributed by atoms with Crippen molar-refractivity contribution in [3.05, 3.63) is 47.5 Å². The number of para-hydroxylation sites is 1. The van der Waals surface area contributed by atoms with E-state index >= 15 is 0 Å². The van der Waals surface area contributed by atoms with Crippen LogP contribution >= 0.6 is 0 Å². The largest absolute Gasteiger partial charge is 0.495 e. The van der Waals surface area contributed by atoms with Crippen molar-refractivity contribution < 1.29 is 22.7 Å². The number of hydrogen-bond acceptors (Lipinski definition) is 5. The molecule has 2 aliphatic heterocycles. The number of rotatable bonds is 5. The molecule has 1 saturated heterocycles. The Kier molecular flexibility index (Phi) is 5.94. The first-order valence-corrected chi connectivity index (χ1v) is 12.1. The summed E-state index contributed by atoms with van der Waals surface area (Å²) < 4.78 is 39.1. The van der Waals surface area contributed by atoms with Gasteiger partial charge in [-0.05, 0) is 44.0 Å². The number of nitrogens with zero attached hydrogens (tertiary/aromatic N) is 1. The summed E-state index contributed by atoms with van der Waals surface area (Å²) >= 11 is 0. The van der Waals surface area contributed by atoms with E-state index in [4.69, 9.17) is 9.47 Å². The standard InChI is InChI=1S/C23H28N2O5S/c1-15-16(2)30-22-18(15)8-7-9-19(22)23(26)24-17-10-11-20(29-3)21(14-17)31(27,28)25-12-5-4-6-13-25/h7-11,14-16H,4-6,12-13H2,1-3H3,(H,24,26)/t15-,16-/m1/s1. The number of sulfonamides is 1. The Hall–Kier alpha value is -2.58. The number of amides is 1. The monoisotopic (exact) mass is 444 g/mol. The van der Waals surface area contributed by atoms with Gasteiger partial charge in [0.15, 0.2) is 0 Å². The van der Waals surface area contributed by atoms with Crippen LogP contribution in [-0.4, -0.2) is 44.9 Å². The maximum atomic E-state index is 13.2. The molecule has 0 aromatic heterocycles. The van der Waals surface area contributed by atoms with Gasteiger partial charge < -0.3 is 14.8 Å². The normalized spacial score (nSPS) is 21.3. The molecular formula is C23H28N2O5S. The summed E-state index contributed by atoms with van der Waals surface area (Å²) in [5.41, 5.74) is 1.83. The van der Waals surface area contributed by atoms with Gasteiger partial charge in [-0.2, -0.15) is 4.31 Å². The van der Waals surface area contributed by atoms with Crippen molar-refractivity contribution in [2.24, 2.45) is 0 Å². The summed E-state index contributed by atoms with van der Waals surface area (Å²) in [6.07, 6.45) is 2.70. The molecule has 0 bridgehead atoms. The molecule has 2 aromatic carbocycles. The predicted octanol–water partition coefficient (Wildman–Crippen LogP) is 4.01. The maximum absolute atomic E-state index is 13.2. The first-order valence-electron chi connectivity index (χ1n) is 10.6.